The maximum atomic E-state index is 13.3. The smallest absolute Gasteiger partial charge is 0.355 e. The Morgan fingerprint density at radius 3 is 2.16 bits per heavy atom. The van der Waals surface area contributed by atoms with Gasteiger partial charge in [-0.15, -0.1) is 0 Å². The topological polar surface area (TPSA) is 132 Å². The number of methoxy groups -OCH3 is 2. The number of nitrogens with zero attached hydrogens (tertiary/aromatic N) is 4. The molecule has 1 fully saturated rings. The Balaban J connectivity index is 1.75. The van der Waals surface area contributed by atoms with Crippen molar-refractivity contribution in [1.82, 2.24) is 0 Å². The van der Waals surface area contributed by atoms with Crippen LogP contribution in [0, 0.1) is 16.0 Å². The number of amides is 2. The summed E-state index contributed by atoms with van der Waals surface area (Å²) >= 11 is 0. The fourth-order valence-electron chi connectivity index (χ4n) is 3.61. The minimum atomic E-state index is -1.17. The van der Waals surface area contributed by atoms with Gasteiger partial charge in [-0.2, -0.15) is 5.10 Å². The van der Waals surface area contributed by atoms with Gasteiger partial charge < -0.3 is 9.47 Å². The lowest BCUT2D eigenvalue weighted by Crippen LogP contribution is -2.39. The highest BCUT2D eigenvalue weighted by atomic mass is 16.6. The van der Waals surface area contributed by atoms with E-state index in [1.54, 1.807) is 24.3 Å². The molecule has 0 spiro atoms. The molecule has 0 radical (unpaired) electrons. The molecule has 2 heterocycles. The van der Waals surface area contributed by atoms with Gasteiger partial charge in [-0.3, -0.25) is 24.7 Å². The van der Waals surface area contributed by atoms with Crippen LogP contribution in [0.15, 0.2) is 53.6 Å². The summed E-state index contributed by atoms with van der Waals surface area (Å²) in [5.41, 5.74) is 0.265. The second-order valence-electron chi connectivity index (χ2n) is 6.73. The number of ether oxygens (including phenoxy) is 2. The molecule has 158 valence electrons. The van der Waals surface area contributed by atoms with Crippen LogP contribution in [0.4, 0.5) is 17.1 Å². The van der Waals surface area contributed by atoms with Gasteiger partial charge in [0.15, 0.2) is 5.71 Å². The lowest BCUT2D eigenvalue weighted by Gasteiger charge is -2.22. The fourth-order valence-corrected chi connectivity index (χ4v) is 3.61. The van der Waals surface area contributed by atoms with E-state index < -0.39 is 34.7 Å². The van der Waals surface area contributed by atoms with Crippen molar-refractivity contribution in [2.24, 2.45) is 11.0 Å². The lowest BCUT2D eigenvalue weighted by molar-refractivity contribution is -0.384. The second-order valence-corrected chi connectivity index (χ2v) is 6.73. The number of hydrogen-bond donors (Lipinski definition) is 0. The van der Waals surface area contributed by atoms with Crippen LogP contribution in [0.25, 0.3) is 0 Å². The molecule has 2 aromatic carbocycles. The number of benzene rings is 2. The van der Waals surface area contributed by atoms with E-state index in [9.17, 15) is 24.5 Å². The predicted molar refractivity (Wildman–Crippen MR) is 108 cm³/mol. The highest BCUT2D eigenvalue weighted by molar-refractivity contribution is 6.47. The van der Waals surface area contributed by atoms with Crippen molar-refractivity contribution in [1.29, 1.82) is 0 Å². The first-order valence-electron chi connectivity index (χ1n) is 9.09. The molecule has 2 aromatic rings. The number of carbonyl (C=O) groups excluding carboxylic acids is 3. The van der Waals surface area contributed by atoms with Gasteiger partial charge in [-0.1, -0.05) is 0 Å². The Kier molecular flexibility index (Phi) is 4.85. The summed E-state index contributed by atoms with van der Waals surface area (Å²) in [6.45, 7) is 0. The van der Waals surface area contributed by atoms with Crippen molar-refractivity contribution in [3.8, 4) is 5.75 Å². The standard InChI is InChI=1S/C20H16N4O7/c1-30-14-9-7-12(8-10-14)23-17-15(16(21-23)20(27)31-2)18(25)22(19(17)26)11-3-5-13(6-4-11)24(28)29/h3-10,15,17H,1-2H3/t15-,17+/m1/s1. The summed E-state index contributed by atoms with van der Waals surface area (Å²) in [4.78, 5) is 49.9. The highest BCUT2D eigenvalue weighted by Gasteiger charge is 2.59. The van der Waals surface area contributed by atoms with E-state index in [0.29, 0.717) is 11.4 Å². The average Bonchev–Trinajstić information content (AvgIpc) is 3.30. The first-order chi connectivity index (χ1) is 14.9. The van der Waals surface area contributed by atoms with Crippen LogP contribution in [-0.2, 0) is 19.1 Å². The molecule has 11 nitrogen and oxygen atoms in total. The van der Waals surface area contributed by atoms with Gasteiger partial charge in [0.05, 0.1) is 30.5 Å². The van der Waals surface area contributed by atoms with Crippen LogP contribution >= 0.6 is 0 Å². The van der Waals surface area contributed by atoms with Gasteiger partial charge in [-0.25, -0.2) is 9.69 Å². The molecule has 0 unspecified atom stereocenters. The SMILES string of the molecule is COC(=O)C1=NN(c2ccc(OC)cc2)[C@@H]2C(=O)N(c3ccc([N+](=O)[O-])cc3)C(=O)[C@H]12. The van der Waals surface area contributed by atoms with E-state index in [1.807, 2.05) is 0 Å². The zero-order valence-corrected chi connectivity index (χ0v) is 16.4. The van der Waals surface area contributed by atoms with Crippen LogP contribution in [-0.4, -0.2) is 48.7 Å². The summed E-state index contributed by atoms with van der Waals surface area (Å²) < 4.78 is 9.89. The Morgan fingerprint density at radius 2 is 1.61 bits per heavy atom. The minimum absolute atomic E-state index is 0.161. The number of imide groups is 1. The van der Waals surface area contributed by atoms with Crippen LogP contribution in [0.3, 0.4) is 0 Å². The van der Waals surface area contributed by atoms with Crippen LogP contribution < -0.4 is 14.6 Å². The largest absolute Gasteiger partial charge is 0.497 e. The maximum absolute atomic E-state index is 13.3. The molecule has 2 aliphatic rings. The van der Waals surface area contributed by atoms with Crippen LogP contribution in [0.1, 0.15) is 0 Å². The van der Waals surface area contributed by atoms with Gasteiger partial charge in [0, 0.05) is 12.1 Å². The Morgan fingerprint density at radius 1 is 1.00 bits per heavy atom. The van der Waals surface area contributed by atoms with E-state index in [0.717, 1.165) is 12.0 Å². The molecule has 4 rings (SSSR count). The number of fused-ring (bicyclic) bond motifs is 1. The first kappa shape index (κ1) is 20.0. The molecule has 0 aliphatic carbocycles. The van der Waals surface area contributed by atoms with Gasteiger partial charge >= 0.3 is 5.97 Å². The van der Waals surface area contributed by atoms with Crippen molar-refractivity contribution >= 4 is 40.6 Å². The van der Waals surface area contributed by atoms with E-state index >= 15 is 0 Å². The van der Waals surface area contributed by atoms with E-state index in [-0.39, 0.29) is 17.1 Å². The van der Waals surface area contributed by atoms with Crippen molar-refractivity contribution in [3.05, 3.63) is 58.6 Å². The Labute approximate surface area is 175 Å². The third-order valence-corrected chi connectivity index (χ3v) is 5.10. The van der Waals surface area contributed by atoms with Gasteiger partial charge in [0.2, 0.25) is 5.91 Å². The number of rotatable bonds is 5. The number of anilines is 2. The summed E-state index contributed by atoms with van der Waals surface area (Å²) in [7, 11) is 2.67. The van der Waals surface area contributed by atoms with Gasteiger partial charge in [0.25, 0.3) is 11.6 Å². The molecule has 2 atom stereocenters. The van der Waals surface area contributed by atoms with Gasteiger partial charge in [-0.05, 0) is 36.4 Å². The number of carbonyl (C=O) groups is 3. The number of esters is 1. The molecule has 0 bridgehead atoms. The number of hydrazone groups is 1. The normalized spacial score (nSPS) is 19.9. The summed E-state index contributed by atoms with van der Waals surface area (Å²) in [5, 5.41) is 16.4. The first-order valence-corrected chi connectivity index (χ1v) is 9.09. The van der Waals surface area contributed by atoms with E-state index in [2.05, 4.69) is 5.10 Å². The molecule has 1 saturated heterocycles. The van der Waals surface area contributed by atoms with Gasteiger partial charge in [0.1, 0.15) is 17.7 Å². The maximum Gasteiger partial charge on any atom is 0.355 e. The van der Waals surface area contributed by atoms with E-state index in [1.165, 1.54) is 36.4 Å². The third kappa shape index (κ3) is 3.16. The van der Waals surface area contributed by atoms with Crippen molar-refractivity contribution in [3.63, 3.8) is 0 Å². The summed E-state index contributed by atoms with van der Waals surface area (Å²) in [6.07, 6.45) is 0. The molecular formula is C20H16N4O7. The van der Waals surface area contributed by atoms with Crippen molar-refractivity contribution < 1.29 is 28.8 Å². The van der Waals surface area contributed by atoms with Crippen LogP contribution in [0.2, 0.25) is 0 Å². The predicted octanol–water partition coefficient (Wildman–Crippen LogP) is 1.51. The molecule has 2 amide bonds. The van der Waals surface area contributed by atoms with E-state index in [4.69, 9.17) is 9.47 Å². The molecule has 0 N–H and O–H groups in total. The fraction of sp³-hybridized carbons (Fsp3) is 0.200. The molecule has 2 aliphatic heterocycles. The molecule has 31 heavy (non-hydrogen) atoms. The molecule has 11 heteroatoms. The molecule has 0 aromatic heterocycles. The zero-order valence-electron chi connectivity index (χ0n) is 16.4. The third-order valence-electron chi connectivity index (χ3n) is 5.10. The monoisotopic (exact) mass is 424 g/mol. The number of nitro groups is 1. The summed E-state index contributed by atoms with van der Waals surface area (Å²) in [5.74, 6) is -2.68. The average molecular weight is 424 g/mol. The zero-order chi connectivity index (χ0) is 22.3. The summed E-state index contributed by atoms with van der Waals surface area (Å²) in [6, 6.07) is 10.5. The molecular weight excluding hydrogens is 408 g/mol. The van der Waals surface area contributed by atoms with Crippen LogP contribution in [0.5, 0.6) is 5.75 Å². The Hall–Kier alpha value is -4.28. The quantitative estimate of drug-likeness (QED) is 0.305. The number of nitro benzene ring substituents is 1. The lowest BCUT2D eigenvalue weighted by atomic mass is 9.98. The second kappa shape index (κ2) is 7.52. The highest BCUT2D eigenvalue weighted by Crippen LogP contribution is 2.38. The van der Waals surface area contributed by atoms with Crippen molar-refractivity contribution in [2.45, 2.75) is 6.04 Å². The Bertz CT molecular complexity index is 1110. The molecule has 0 saturated carbocycles. The minimum Gasteiger partial charge on any atom is -0.497 e. The number of hydrogen-bond acceptors (Lipinski definition) is 9. The number of non-ortho nitro benzene ring substituents is 1. The van der Waals surface area contributed by atoms with Crippen molar-refractivity contribution in [2.75, 3.05) is 24.1 Å².